The van der Waals surface area contributed by atoms with Crippen LogP contribution >= 0.6 is 15.9 Å². The number of nitrogens with zero attached hydrogens (tertiary/aromatic N) is 1. The maximum Gasteiger partial charge on any atom is 0.254 e. The Bertz CT molecular complexity index is 658. The number of sulfonamides is 1. The average molecular weight is 393 g/mol. The van der Waals surface area contributed by atoms with Gasteiger partial charge in [0.25, 0.3) is 5.91 Å². The lowest BCUT2D eigenvalue weighted by Crippen LogP contribution is -2.47. The number of carbonyl (C=O) groups is 1. The molecule has 1 heterocycles. The van der Waals surface area contributed by atoms with Gasteiger partial charge in [-0.05, 0) is 38.0 Å². The monoisotopic (exact) mass is 392 g/mol. The molecule has 1 fully saturated rings. The molecule has 0 atom stereocenters. The third-order valence-electron chi connectivity index (χ3n) is 3.72. The summed E-state index contributed by atoms with van der Waals surface area (Å²) in [7, 11) is -3.18. The van der Waals surface area contributed by atoms with E-state index < -0.39 is 21.7 Å². The molecule has 122 valence electrons. The Morgan fingerprint density at radius 1 is 1.41 bits per heavy atom. The Balaban J connectivity index is 1.95. The summed E-state index contributed by atoms with van der Waals surface area (Å²) in [4.78, 5) is 12.1. The second-order valence-electron chi connectivity index (χ2n) is 5.17. The maximum atomic E-state index is 13.7. The van der Waals surface area contributed by atoms with E-state index in [9.17, 15) is 17.6 Å². The van der Waals surface area contributed by atoms with Crippen molar-refractivity contribution in [3.05, 3.63) is 34.1 Å². The lowest BCUT2D eigenvalue weighted by molar-refractivity contribution is 0.0919. The highest BCUT2D eigenvalue weighted by Gasteiger charge is 2.27. The molecule has 0 bridgehead atoms. The Hall–Kier alpha value is -0.990. The second-order valence-corrected chi connectivity index (χ2v) is 8.34. The summed E-state index contributed by atoms with van der Waals surface area (Å²) in [5, 5.41) is 2.77. The minimum Gasteiger partial charge on any atom is -0.349 e. The van der Waals surface area contributed by atoms with E-state index in [4.69, 9.17) is 0 Å². The van der Waals surface area contributed by atoms with Gasteiger partial charge < -0.3 is 5.32 Å². The molecule has 0 saturated carbocycles. The van der Waals surface area contributed by atoms with Crippen LogP contribution in [0.25, 0.3) is 0 Å². The zero-order valence-corrected chi connectivity index (χ0v) is 14.6. The van der Waals surface area contributed by atoms with Crippen LogP contribution in [0.1, 0.15) is 30.1 Å². The summed E-state index contributed by atoms with van der Waals surface area (Å²) in [5.74, 6) is -0.978. The lowest BCUT2D eigenvalue weighted by Gasteiger charge is -2.31. The lowest BCUT2D eigenvalue weighted by atomic mass is 10.1. The molecule has 0 aromatic heterocycles. The number of piperidine rings is 1. The molecule has 1 aliphatic rings. The van der Waals surface area contributed by atoms with E-state index in [1.165, 1.54) is 16.4 Å². The number of hydrogen-bond donors (Lipinski definition) is 1. The summed E-state index contributed by atoms with van der Waals surface area (Å²) in [5.41, 5.74) is -0.00758. The standard InChI is InChI=1S/C14H18BrFN2O3S/c1-2-22(20,21)18-7-5-11(6-8-18)17-14(19)12-4-3-10(15)9-13(12)16/h3-4,9,11H,2,5-8H2,1H3,(H,17,19). The van der Waals surface area contributed by atoms with Gasteiger partial charge in [-0.15, -0.1) is 0 Å². The van der Waals surface area contributed by atoms with E-state index in [1.54, 1.807) is 13.0 Å². The molecule has 1 amide bonds. The van der Waals surface area contributed by atoms with Gasteiger partial charge in [-0.3, -0.25) is 4.79 Å². The van der Waals surface area contributed by atoms with Crippen molar-refractivity contribution in [1.29, 1.82) is 0 Å². The van der Waals surface area contributed by atoms with Crippen molar-refractivity contribution in [2.75, 3.05) is 18.8 Å². The van der Waals surface area contributed by atoms with Crippen LogP contribution in [-0.4, -0.2) is 43.5 Å². The van der Waals surface area contributed by atoms with Gasteiger partial charge in [0.2, 0.25) is 10.0 Å². The highest BCUT2D eigenvalue weighted by molar-refractivity contribution is 9.10. The molecule has 1 aliphatic heterocycles. The van der Waals surface area contributed by atoms with E-state index in [0.29, 0.717) is 30.4 Å². The fourth-order valence-electron chi connectivity index (χ4n) is 2.40. The van der Waals surface area contributed by atoms with E-state index in [-0.39, 0.29) is 17.4 Å². The summed E-state index contributed by atoms with van der Waals surface area (Å²) in [6.07, 6.45) is 1.06. The largest absolute Gasteiger partial charge is 0.349 e. The molecule has 0 spiro atoms. The molecular weight excluding hydrogens is 375 g/mol. The van der Waals surface area contributed by atoms with Gasteiger partial charge in [-0.1, -0.05) is 15.9 Å². The normalized spacial score (nSPS) is 17.4. The molecule has 0 radical (unpaired) electrons. The first-order chi connectivity index (χ1) is 10.3. The van der Waals surface area contributed by atoms with Gasteiger partial charge in [-0.25, -0.2) is 17.1 Å². The molecule has 2 rings (SSSR count). The Morgan fingerprint density at radius 2 is 2.05 bits per heavy atom. The zero-order chi connectivity index (χ0) is 16.3. The number of rotatable bonds is 4. The van der Waals surface area contributed by atoms with Crippen LogP contribution in [0.2, 0.25) is 0 Å². The van der Waals surface area contributed by atoms with Gasteiger partial charge in [0, 0.05) is 23.6 Å². The third kappa shape index (κ3) is 4.05. The van der Waals surface area contributed by atoms with Crippen LogP contribution in [-0.2, 0) is 10.0 Å². The molecule has 1 aromatic carbocycles. The molecule has 0 unspecified atom stereocenters. The first-order valence-corrected chi connectivity index (χ1v) is 9.47. The van der Waals surface area contributed by atoms with Gasteiger partial charge in [0.05, 0.1) is 11.3 Å². The quantitative estimate of drug-likeness (QED) is 0.853. The average Bonchev–Trinajstić information content (AvgIpc) is 2.47. The van der Waals surface area contributed by atoms with Gasteiger partial charge in [0.1, 0.15) is 5.82 Å². The number of hydrogen-bond acceptors (Lipinski definition) is 3. The fourth-order valence-corrected chi connectivity index (χ4v) is 3.86. The molecule has 8 heteroatoms. The number of benzene rings is 1. The third-order valence-corrected chi connectivity index (χ3v) is 6.10. The number of halogens is 2. The Labute approximate surface area is 138 Å². The summed E-state index contributed by atoms with van der Waals surface area (Å²) >= 11 is 3.14. The summed E-state index contributed by atoms with van der Waals surface area (Å²) in [6, 6.07) is 4.13. The van der Waals surface area contributed by atoms with Crippen molar-refractivity contribution in [2.45, 2.75) is 25.8 Å². The van der Waals surface area contributed by atoms with E-state index >= 15 is 0 Å². The van der Waals surface area contributed by atoms with Crippen LogP contribution < -0.4 is 5.32 Å². The summed E-state index contributed by atoms with van der Waals surface area (Å²) in [6.45, 7) is 2.37. The van der Waals surface area contributed by atoms with Crippen molar-refractivity contribution in [3.8, 4) is 0 Å². The topological polar surface area (TPSA) is 66.5 Å². The molecule has 5 nitrogen and oxygen atoms in total. The SMILES string of the molecule is CCS(=O)(=O)N1CCC(NC(=O)c2ccc(Br)cc2F)CC1. The smallest absolute Gasteiger partial charge is 0.254 e. The van der Waals surface area contributed by atoms with Crippen LogP contribution in [0, 0.1) is 5.82 Å². The van der Waals surface area contributed by atoms with E-state index in [1.807, 2.05) is 0 Å². The number of amides is 1. The summed E-state index contributed by atoms with van der Waals surface area (Å²) < 4.78 is 39.3. The van der Waals surface area contributed by atoms with Crippen molar-refractivity contribution in [1.82, 2.24) is 9.62 Å². The molecule has 0 aliphatic carbocycles. The molecule has 1 N–H and O–H groups in total. The van der Waals surface area contributed by atoms with Gasteiger partial charge in [0.15, 0.2) is 0 Å². The highest BCUT2D eigenvalue weighted by atomic mass is 79.9. The zero-order valence-electron chi connectivity index (χ0n) is 12.2. The number of nitrogens with one attached hydrogen (secondary N) is 1. The molecule has 1 saturated heterocycles. The Morgan fingerprint density at radius 3 is 2.59 bits per heavy atom. The van der Waals surface area contributed by atoms with Crippen LogP contribution in [0.4, 0.5) is 4.39 Å². The first-order valence-electron chi connectivity index (χ1n) is 7.07. The second kappa shape index (κ2) is 7.06. The van der Waals surface area contributed by atoms with E-state index in [2.05, 4.69) is 21.2 Å². The highest BCUT2D eigenvalue weighted by Crippen LogP contribution is 2.18. The first kappa shape index (κ1) is 17.4. The molecule has 1 aromatic rings. The van der Waals surface area contributed by atoms with Gasteiger partial charge in [-0.2, -0.15) is 0 Å². The van der Waals surface area contributed by atoms with Crippen LogP contribution in [0.3, 0.4) is 0 Å². The van der Waals surface area contributed by atoms with Crippen molar-refractivity contribution >= 4 is 31.9 Å². The van der Waals surface area contributed by atoms with Crippen molar-refractivity contribution < 1.29 is 17.6 Å². The predicted octanol–water partition coefficient (Wildman–Crippen LogP) is 2.13. The van der Waals surface area contributed by atoms with Crippen LogP contribution in [0.5, 0.6) is 0 Å². The minimum atomic E-state index is -3.18. The predicted molar refractivity (Wildman–Crippen MR) is 85.6 cm³/mol. The fraction of sp³-hybridized carbons (Fsp3) is 0.500. The maximum absolute atomic E-state index is 13.7. The molecular formula is C14H18BrFN2O3S. The number of carbonyl (C=O) groups excluding carboxylic acids is 1. The van der Waals surface area contributed by atoms with Crippen LogP contribution in [0.15, 0.2) is 22.7 Å². The minimum absolute atomic E-state index is 0.00758. The van der Waals surface area contributed by atoms with Crippen molar-refractivity contribution in [2.24, 2.45) is 0 Å². The van der Waals surface area contributed by atoms with Gasteiger partial charge >= 0.3 is 0 Å². The van der Waals surface area contributed by atoms with Crippen molar-refractivity contribution in [3.63, 3.8) is 0 Å². The Kier molecular flexibility index (Phi) is 5.57. The molecule has 22 heavy (non-hydrogen) atoms. The van der Waals surface area contributed by atoms with E-state index in [0.717, 1.165) is 0 Å².